The van der Waals surface area contributed by atoms with Crippen LogP contribution in [0.3, 0.4) is 0 Å². The van der Waals surface area contributed by atoms with Gasteiger partial charge in [0.1, 0.15) is 0 Å². The van der Waals surface area contributed by atoms with E-state index in [0.29, 0.717) is 5.70 Å². The molecular weight excluding hydrogens is 404 g/mol. The quantitative estimate of drug-likeness (QED) is 0.223. The summed E-state index contributed by atoms with van der Waals surface area (Å²) in [5.41, 5.74) is 25.1. The van der Waals surface area contributed by atoms with Crippen molar-refractivity contribution in [2.24, 2.45) is 42.9 Å². The summed E-state index contributed by atoms with van der Waals surface area (Å²) in [5.74, 6) is 0.583. The van der Waals surface area contributed by atoms with Crippen molar-refractivity contribution < 1.29 is 0 Å². The maximum atomic E-state index is 5.94. The van der Waals surface area contributed by atoms with E-state index in [0.717, 1.165) is 31.4 Å². The number of nitrogens with zero attached hydrogens (tertiary/aromatic N) is 4. The molecule has 0 heterocycles. The second-order valence-corrected chi connectivity index (χ2v) is 7.11. The van der Waals surface area contributed by atoms with Crippen LogP contribution in [0.25, 0.3) is 0 Å². The fraction of sp³-hybridized carbons (Fsp3) is 0.273. The van der Waals surface area contributed by atoms with E-state index < -0.39 is 0 Å². The van der Waals surface area contributed by atoms with Gasteiger partial charge in [-0.1, -0.05) is 37.4 Å². The molecule has 0 amide bonds. The summed E-state index contributed by atoms with van der Waals surface area (Å²) in [6, 6.07) is 9.59. The van der Waals surface area contributed by atoms with Crippen molar-refractivity contribution >= 4 is 29.5 Å². The molecule has 1 aromatic carbocycles. The first-order valence-corrected chi connectivity index (χ1v) is 10.3. The minimum atomic E-state index is 0.0511. The molecule has 10 heteroatoms. The third kappa shape index (κ3) is 8.74. The predicted molar refractivity (Wildman–Crippen MR) is 134 cm³/mol. The zero-order valence-electron chi connectivity index (χ0n) is 18.1. The highest BCUT2D eigenvalue weighted by Crippen LogP contribution is 2.23. The largest absolute Gasteiger partial charge is 0.369 e. The van der Waals surface area contributed by atoms with Crippen molar-refractivity contribution in [2.45, 2.75) is 37.8 Å². The van der Waals surface area contributed by atoms with Crippen LogP contribution < -0.4 is 33.6 Å². The monoisotopic (exact) mass is 436 g/mol. The fourth-order valence-corrected chi connectivity index (χ4v) is 3.16. The molecule has 0 aromatic heterocycles. The normalized spacial score (nSPS) is 21.1. The molecule has 0 unspecified atom stereocenters. The average Bonchev–Trinajstić information content (AvgIpc) is 2.75. The molecule has 32 heavy (non-hydrogen) atoms. The first-order chi connectivity index (χ1) is 15.4. The van der Waals surface area contributed by atoms with Crippen molar-refractivity contribution in [3.8, 4) is 0 Å². The number of nitrogens with one attached hydrogen (secondary N) is 2. The topological polar surface area (TPSA) is 178 Å². The molecule has 10 N–H and O–H groups in total. The van der Waals surface area contributed by atoms with Gasteiger partial charge in [-0.05, 0) is 50.0 Å². The number of benzene rings is 1. The van der Waals surface area contributed by atoms with Gasteiger partial charge in [0.25, 0.3) is 0 Å². The smallest absolute Gasteiger partial charge is 0.218 e. The molecule has 1 aliphatic carbocycles. The van der Waals surface area contributed by atoms with Crippen molar-refractivity contribution in [3.05, 3.63) is 67.4 Å². The molecule has 2 rings (SSSR count). The second kappa shape index (κ2) is 12.6. The number of anilines is 1. The van der Waals surface area contributed by atoms with Crippen LogP contribution in [0, 0.1) is 0 Å². The van der Waals surface area contributed by atoms with Crippen LogP contribution >= 0.6 is 0 Å². The van der Waals surface area contributed by atoms with Gasteiger partial charge in [-0.3, -0.25) is 0 Å². The van der Waals surface area contributed by atoms with E-state index in [1.54, 1.807) is 18.2 Å². The van der Waals surface area contributed by atoms with E-state index in [2.05, 4.69) is 43.8 Å². The second-order valence-electron chi connectivity index (χ2n) is 7.11. The number of allylic oxidation sites excluding steroid dienone is 3. The van der Waals surface area contributed by atoms with Gasteiger partial charge in [0.2, 0.25) is 23.8 Å². The summed E-state index contributed by atoms with van der Waals surface area (Å²) < 4.78 is 0. The minimum absolute atomic E-state index is 0.0511. The van der Waals surface area contributed by atoms with Crippen molar-refractivity contribution in [1.82, 2.24) is 5.32 Å². The molecule has 170 valence electrons. The molecule has 0 radical (unpaired) electrons. The molecule has 1 saturated carbocycles. The minimum Gasteiger partial charge on any atom is -0.369 e. The summed E-state index contributed by atoms with van der Waals surface area (Å²) in [4.78, 5) is 17.1. The Balaban J connectivity index is 1.87. The molecule has 0 atom stereocenters. The molecule has 0 saturated heterocycles. The van der Waals surface area contributed by atoms with E-state index in [1.807, 2.05) is 30.3 Å². The third-order valence-corrected chi connectivity index (χ3v) is 4.60. The van der Waals surface area contributed by atoms with Crippen molar-refractivity contribution in [3.63, 3.8) is 0 Å². The van der Waals surface area contributed by atoms with Gasteiger partial charge < -0.3 is 33.6 Å². The van der Waals surface area contributed by atoms with E-state index in [-0.39, 0.29) is 35.9 Å². The zero-order chi connectivity index (χ0) is 23.3. The van der Waals surface area contributed by atoms with Crippen LogP contribution in [-0.2, 0) is 0 Å². The first kappa shape index (κ1) is 24.2. The van der Waals surface area contributed by atoms with Crippen LogP contribution in [-0.4, -0.2) is 35.9 Å². The van der Waals surface area contributed by atoms with Crippen LogP contribution in [0.4, 0.5) is 5.69 Å². The van der Waals surface area contributed by atoms with Crippen molar-refractivity contribution in [2.75, 3.05) is 5.32 Å². The Morgan fingerprint density at radius 1 is 0.844 bits per heavy atom. The molecule has 0 bridgehead atoms. The number of hydrogen-bond acceptors (Lipinski definition) is 2. The van der Waals surface area contributed by atoms with Gasteiger partial charge in [0.15, 0.2) is 0 Å². The van der Waals surface area contributed by atoms with Gasteiger partial charge >= 0.3 is 0 Å². The number of guanidine groups is 4. The summed E-state index contributed by atoms with van der Waals surface area (Å²) in [6.45, 7) is 7.30. The number of aliphatic imine (C=N–C) groups is 4. The Bertz CT molecular complexity index is 919. The lowest BCUT2D eigenvalue weighted by atomic mass is 9.92. The molecule has 1 fully saturated rings. The zero-order valence-corrected chi connectivity index (χ0v) is 18.1. The maximum absolute atomic E-state index is 5.94. The first-order valence-electron chi connectivity index (χ1n) is 10.3. The van der Waals surface area contributed by atoms with Crippen LogP contribution in [0.2, 0.25) is 0 Å². The summed E-state index contributed by atoms with van der Waals surface area (Å²) in [5, 5.41) is 5.84. The summed E-state index contributed by atoms with van der Waals surface area (Å²) in [6.07, 6.45) is 8.16. The van der Waals surface area contributed by atoms with E-state index in [4.69, 9.17) is 22.9 Å². The number of para-hydroxylation sites is 1. The maximum Gasteiger partial charge on any atom is 0.218 e. The lowest BCUT2D eigenvalue weighted by Crippen LogP contribution is -2.33. The molecule has 0 spiro atoms. The number of nitrogens with two attached hydrogens (primary N) is 4. The Morgan fingerprint density at radius 2 is 1.38 bits per heavy atom. The lowest BCUT2D eigenvalue weighted by Gasteiger charge is -2.23. The highest BCUT2D eigenvalue weighted by atomic mass is 15.2. The number of rotatable bonds is 6. The van der Waals surface area contributed by atoms with E-state index in [1.165, 1.54) is 0 Å². The SMILES string of the molecule is C=C/C=C(\C=C)N/C(N)=N/C(N)=NC1CCC(N=C(N)/N=C(\N)Nc2ccccc2)CC1. The molecular formula is C22H32N10. The Labute approximate surface area is 188 Å². The standard InChI is InChI=1S/C22H32N10/c1-3-8-15(4-2)27-19(23)31-21(25)29-17-11-13-18(14-12-17)30-22(26)32-20(24)28-16-9-6-5-7-10-16/h3-10,17-18H,1-2,11-14H2,(H5,23,25,27,29,31)(H5,24,26,28,30,32)/b15-8+. The highest BCUT2D eigenvalue weighted by Gasteiger charge is 2.21. The molecule has 1 aliphatic rings. The lowest BCUT2D eigenvalue weighted by molar-refractivity contribution is 0.397. The van der Waals surface area contributed by atoms with Gasteiger partial charge in [0.05, 0.1) is 12.1 Å². The molecule has 10 nitrogen and oxygen atoms in total. The van der Waals surface area contributed by atoms with Crippen LogP contribution in [0.15, 0.2) is 87.4 Å². The Morgan fingerprint density at radius 3 is 1.88 bits per heavy atom. The van der Waals surface area contributed by atoms with Gasteiger partial charge in [-0.15, -0.1) is 0 Å². The highest BCUT2D eigenvalue weighted by molar-refractivity contribution is 6.00. The van der Waals surface area contributed by atoms with E-state index >= 15 is 0 Å². The fourth-order valence-electron chi connectivity index (χ4n) is 3.16. The van der Waals surface area contributed by atoms with E-state index in [9.17, 15) is 0 Å². The summed E-state index contributed by atoms with van der Waals surface area (Å²) in [7, 11) is 0. The van der Waals surface area contributed by atoms with Crippen molar-refractivity contribution in [1.29, 1.82) is 0 Å². The van der Waals surface area contributed by atoms with Gasteiger partial charge in [0, 0.05) is 11.4 Å². The predicted octanol–water partition coefficient (Wildman–Crippen LogP) is 1.51. The van der Waals surface area contributed by atoms with Gasteiger partial charge in [-0.2, -0.15) is 9.98 Å². The molecule has 1 aromatic rings. The van der Waals surface area contributed by atoms with Crippen LogP contribution in [0.1, 0.15) is 25.7 Å². The average molecular weight is 437 g/mol. The Hall–Kier alpha value is -4.08. The third-order valence-electron chi connectivity index (χ3n) is 4.60. The summed E-state index contributed by atoms with van der Waals surface area (Å²) >= 11 is 0. The number of hydrogen-bond donors (Lipinski definition) is 6. The van der Waals surface area contributed by atoms with Gasteiger partial charge in [-0.25, -0.2) is 9.98 Å². The van der Waals surface area contributed by atoms with Crippen LogP contribution in [0.5, 0.6) is 0 Å². The Kier molecular flexibility index (Phi) is 9.51. The molecule has 0 aliphatic heterocycles.